The zero-order valence-corrected chi connectivity index (χ0v) is 12.8. The van der Waals surface area contributed by atoms with Gasteiger partial charge in [0.05, 0.1) is 16.8 Å². The van der Waals surface area contributed by atoms with Gasteiger partial charge in [0.25, 0.3) is 0 Å². The fraction of sp³-hybridized carbons (Fsp3) is 0.200. The lowest BCUT2D eigenvalue weighted by molar-refractivity contribution is 0.587. The molecule has 0 heterocycles. The van der Waals surface area contributed by atoms with E-state index in [1.54, 1.807) is 12.1 Å². The maximum absolute atomic E-state index is 13.8. The molecule has 2 rings (SSSR count). The Morgan fingerprint density at radius 3 is 2.68 bits per heavy atom. The summed E-state index contributed by atoms with van der Waals surface area (Å²) in [6, 6.07) is 12.3. The second-order valence-corrected chi connectivity index (χ2v) is 5.57. The third-order valence-corrected chi connectivity index (χ3v) is 3.77. The molecule has 2 aromatic rings. The highest BCUT2D eigenvalue weighted by Crippen LogP contribution is 2.31. The zero-order chi connectivity index (χ0) is 13.8. The highest BCUT2D eigenvalue weighted by Gasteiger charge is 2.14. The Hall–Kier alpha value is -1.06. The Balaban J connectivity index is 2.29. The summed E-state index contributed by atoms with van der Waals surface area (Å²) in [6.45, 7) is 2.01. The summed E-state index contributed by atoms with van der Waals surface area (Å²) in [4.78, 5) is 0. The number of hydrogen-bond donors (Lipinski definition) is 1. The quantitative estimate of drug-likeness (QED) is 0.740. The van der Waals surface area contributed by atoms with Crippen molar-refractivity contribution in [2.24, 2.45) is 0 Å². The topological polar surface area (TPSA) is 12.0 Å². The highest BCUT2D eigenvalue weighted by molar-refractivity contribution is 9.10. The summed E-state index contributed by atoms with van der Waals surface area (Å²) < 4.78 is 14.8. The largest absolute Gasteiger partial charge is 0.377 e. The SMILES string of the molecule is CCC(Nc1cc(Br)ccc1Cl)c1ccccc1F. The number of hydrogen-bond acceptors (Lipinski definition) is 1. The summed E-state index contributed by atoms with van der Waals surface area (Å²) in [5.74, 6) is -0.201. The van der Waals surface area contributed by atoms with Gasteiger partial charge in [0.15, 0.2) is 0 Å². The van der Waals surface area contributed by atoms with Crippen molar-refractivity contribution in [2.75, 3.05) is 5.32 Å². The van der Waals surface area contributed by atoms with Crippen molar-refractivity contribution in [1.29, 1.82) is 0 Å². The fourth-order valence-electron chi connectivity index (χ4n) is 1.95. The second kappa shape index (κ2) is 6.40. The van der Waals surface area contributed by atoms with Gasteiger partial charge >= 0.3 is 0 Å². The molecule has 0 aliphatic heterocycles. The minimum atomic E-state index is -0.201. The summed E-state index contributed by atoms with van der Waals surface area (Å²) in [7, 11) is 0. The van der Waals surface area contributed by atoms with Crippen molar-refractivity contribution in [2.45, 2.75) is 19.4 Å². The van der Waals surface area contributed by atoms with Crippen molar-refractivity contribution in [1.82, 2.24) is 0 Å². The average Bonchev–Trinajstić information content (AvgIpc) is 2.41. The van der Waals surface area contributed by atoms with Crippen LogP contribution in [0, 0.1) is 5.82 Å². The van der Waals surface area contributed by atoms with Crippen molar-refractivity contribution in [3.05, 3.63) is 63.3 Å². The lowest BCUT2D eigenvalue weighted by atomic mass is 10.0. The molecule has 0 aliphatic carbocycles. The molecule has 100 valence electrons. The maximum atomic E-state index is 13.8. The first kappa shape index (κ1) is 14.4. The van der Waals surface area contributed by atoms with Crippen LogP contribution in [0.2, 0.25) is 5.02 Å². The monoisotopic (exact) mass is 341 g/mol. The molecule has 0 aliphatic rings. The molecule has 1 unspecified atom stereocenters. The van der Waals surface area contributed by atoms with Crippen molar-refractivity contribution in [3.8, 4) is 0 Å². The first-order chi connectivity index (χ1) is 9.11. The number of anilines is 1. The Bertz CT molecular complexity index is 574. The second-order valence-electron chi connectivity index (χ2n) is 4.25. The average molecular weight is 343 g/mol. The van der Waals surface area contributed by atoms with Gasteiger partial charge in [-0.05, 0) is 30.7 Å². The molecule has 2 aromatic carbocycles. The highest BCUT2D eigenvalue weighted by atomic mass is 79.9. The molecule has 1 N–H and O–H groups in total. The van der Waals surface area contributed by atoms with E-state index < -0.39 is 0 Å². The molecular formula is C15H14BrClFN. The van der Waals surface area contributed by atoms with Crippen LogP contribution in [0.5, 0.6) is 0 Å². The fourth-order valence-corrected chi connectivity index (χ4v) is 2.49. The van der Waals surface area contributed by atoms with Gasteiger partial charge in [0.2, 0.25) is 0 Å². The predicted octanol–water partition coefficient (Wildman–Crippen LogP) is 5.80. The first-order valence-electron chi connectivity index (χ1n) is 6.08. The Labute approximate surface area is 125 Å². The lowest BCUT2D eigenvalue weighted by Gasteiger charge is -2.20. The van der Waals surface area contributed by atoms with Crippen LogP contribution in [0.1, 0.15) is 24.9 Å². The molecular weight excluding hydrogens is 329 g/mol. The summed E-state index contributed by atoms with van der Waals surface area (Å²) in [5.41, 5.74) is 1.45. The van der Waals surface area contributed by atoms with E-state index in [1.807, 2.05) is 31.2 Å². The Morgan fingerprint density at radius 1 is 1.26 bits per heavy atom. The molecule has 0 radical (unpaired) electrons. The van der Waals surface area contributed by atoms with E-state index in [0.29, 0.717) is 10.6 Å². The molecule has 19 heavy (non-hydrogen) atoms. The summed E-state index contributed by atoms with van der Waals surface area (Å²) >= 11 is 9.55. The molecule has 4 heteroatoms. The van der Waals surface area contributed by atoms with E-state index in [2.05, 4.69) is 21.2 Å². The third kappa shape index (κ3) is 3.48. The molecule has 1 nitrogen and oxygen atoms in total. The van der Waals surface area contributed by atoms with Gasteiger partial charge in [-0.15, -0.1) is 0 Å². The molecule has 0 aromatic heterocycles. The minimum Gasteiger partial charge on any atom is -0.377 e. The molecule has 0 saturated heterocycles. The minimum absolute atomic E-state index is 0.104. The number of benzene rings is 2. The molecule has 0 amide bonds. The maximum Gasteiger partial charge on any atom is 0.128 e. The van der Waals surface area contributed by atoms with Gasteiger partial charge in [-0.1, -0.05) is 52.7 Å². The van der Waals surface area contributed by atoms with Gasteiger partial charge in [0, 0.05) is 10.0 Å². The molecule has 0 bridgehead atoms. The number of nitrogens with one attached hydrogen (secondary N) is 1. The van der Waals surface area contributed by atoms with Crippen molar-refractivity contribution >= 4 is 33.2 Å². The smallest absolute Gasteiger partial charge is 0.128 e. The van der Waals surface area contributed by atoms with Crippen LogP contribution >= 0.6 is 27.5 Å². The predicted molar refractivity (Wildman–Crippen MR) is 82.2 cm³/mol. The summed E-state index contributed by atoms with van der Waals surface area (Å²) in [5, 5.41) is 3.92. The van der Waals surface area contributed by atoms with Crippen LogP contribution in [0.25, 0.3) is 0 Å². The first-order valence-corrected chi connectivity index (χ1v) is 7.25. The molecule has 0 saturated carbocycles. The normalized spacial score (nSPS) is 12.2. The van der Waals surface area contributed by atoms with E-state index in [-0.39, 0.29) is 11.9 Å². The van der Waals surface area contributed by atoms with E-state index in [0.717, 1.165) is 16.6 Å². The molecule has 0 spiro atoms. The van der Waals surface area contributed by atoms with E-state index >= 15 is 0 Å². The van der Waals surface area contributed by atoms with Crippen LogP contribution in [0.4, 0.5) is 10.1 Å². The van der Waals surface area contributed by atoms with E-state index in [9.17, 15) is 4.39 Å². The van der Waals surface area contributed by atoms with Gasteiger partial charge in [-0.2, -0.15) is 0 Å². The third-order valence-electron chi connectivity index (χ3n) is 2.95. The van der Waals surface area contributed by atoms with Gasteiger partial charge in [-0.25, -0.2) is 4.39 Å². The van der Waals surface area contributed by atoms with Gasteiger partial charge in [0.1, 0.15) is 5.82 Å². The Kier molecular flexibility index (Phi) is 4.83. The molecule has 0 fully saturated rings. The lowest BCUT2D eigenvalue weighted by Crippen LogP contribution is -2.11. The number of rotatable bonds is 4. The zero-order valence-electron chi connectivity index (χ0n) is 10.5. The van der Waals surface area contributed by atoms with Crippen LogP contribution in [-0.4, -0.2) is 0 Å². The number of halogens is 3. The van der Waals surface area contributed by atoms with Gasteiger partial charge in [-0.3, -0.25) is 0 Å². The van der Waals surface area contributed by atoms with Crippen LogP contribution in [0.15, 0.2) is 46.9 Å². The van der Waals surface area contributed by atoms with E-state index in [4.69, 9.17) is 11.6 Å². The standard InChI is InChI=1S/C15H14BrClFN/c1-2-14(11-5-3-4-6-13(11)18)19-15-9-10(16)7-8-12(15)17/h3-9,14,19H,2H2,1H3. The van der Waals surface area contributed by atoms with Crippen LogP contribution in [0.3, 0.4) is 0 Å². The van der Waals surface area contributed by atoms with Crippen molar-refractivity contribution in [3.63, 3.8) is 0 Å². The molecule has 1 atom stereocenters. The van der Waals surface area contributed by atoms with Crippen LogP contribution < -0.4 is 5.32 Å². The van der Waals surface area contributed by atoms with Crippen LogP contribution in [-0.2, 0) is 0 Å². The van der Waals surface area contributed by atoms with E-state index in [1.165, 1.54) is 6.07 Å². The van der Waals surface area contributed by atoms with Gasteiger partial charge < -0.3 is 5.32 Å². The summed E-state index contributed by atoms with van der Waals surface area (Å²) in [6.07, 6.45) is 0.768. The Morgan fingerprint density at radius 2 is 2.00 bits per heavy atom. The van der Waals surface area contributed by atoms with Crippen molar-refractivity contribution < 1.29 is 4.39 Å².